The summed E-state index contributed by atoms with van der Waals surface area (Å²) in [7, 11) is 0. The van der Waals surface area contributed by atoms with E-state index in [4.69, 9.17) is 9.47 Å². The van der Waals surface area contributed by atoms with Crippen LogP contribution in [-0.2, 0) is 23.9 Å². The smallest absolute Gasteiger partial charge is 0.411 e. The number of carbonyl (C=O) groups is 4. The van der Waals surface area contributed by atoms with Gasteiger partial charge in [-0.2, -0.15) is 0 Å². The minimum atomic E-state index is -0.970. The Morgan fingerprint density at radius 3 is 2.00 bits per heavy atom. The van der Waals surface area contributed by atoms with E-state index in [0.29, 0.717) is 6.42 Å². The lowest BCUT2D eigenvalue weighted by atomic mass is 9.89. The fourth-order valence-electron chi connectivity index (χ4n) is 3.75. The number of nitrogens with one attached hydrogen (secondary N) is 1. The maximum atomic E-state index is 13.2. The van der Waals surface area contributed by atoms with Crippen LogP contribution in [-0.4, -0.2) is 58.5 Å². The van der Waals surface area contributed by atoms with E-state index >= 15 is 0 Å². The van der Waals surface area contributed by atoms with Crippen molar-refractivity contribution < 1.29 is 28.7 Å². The number of esters is 1. The van der Waals surface area contributed by atoms with E-state index in [0.717, 1.165) is 6.29 Å². The summed E-state index contributed by atoms with van der Waals surface area (Å²) < 4.78 is 11.1. The van der Waals surface area contributed by atoms with Crippen molar-refractivity contribution in [2.45, 2.75) is 104 Å². The molecule has 1 saturated heterocycles. The summed E-state index contributed by atoms with van der Waals surface area (Å²) in [6.45, 7) is 15.8. The molecule has 1 rings (SSSR count). The second-order valence-corrected chi connectivity index (χ2v) is 10.4. The zero-order valence-corrected chi connectivity index (χ0v) is 19.8. The Balaban J connectivity index is 3.43. The van der Waals surface area contributed by atoms with Gasteiger partial charge in [0.05, 0.1) is 12.1 Å². The van der Waals surface area contributed by atoms with Crippen molar-refractivity contribution in [3.63, 3.8) is 0 Å². The van der Waals surface area contributed by atoms with E-state index in [1.165, 1.54) is 11.8 Å². The highest BCUT2D eigenvalue weighted by atomic mass is 16.6. The van der Waals surface area contributed by atoms with Gasteiger partial charge < -0.3 is 19.6 Å². The van der Waals surface area contributed by atoms with Crippen LogP contribution in [0.3, 0.4) is 0 Å². The molecule has 2 amide bonds. The second kappa shape index (κ2) is 9.79. The summed E-state index contributed by atoms with van der Waals surface area (Å²) in [5.41, 5.74) is -1.54. The van der Waals surface area contributed by atoms with Gasteiger partial charge in [-0.15, -0.1) is 0 Å². The third-order valence-electron chi connectivity index (χ3n) is 4.58. The van der Waals surface area contributed by atoms with Crippen LogP contribution in [0.5, 0.6) is 0 Å². The van der Waals surface area contributed by atoms with Crippen LogP contribution >= 0.6 is 0 Å². The maximum absolute atomic E-state index is 13.2. The first-order valence-electron chi connectivity index (χ1n) is 10.5. The number of amides is 2. The van der Waals surface area contributed by atoms with Crippen molar-refractivity contribution in [2.75, 3.05) is 0 Å². The molecule has 1 heterocycles. The second-order valence-electron chi connectivity index (χ2n) is 10.4. The molecule has 0 saturated carbocycles. The molecule has 0 radical (unpaired) electrons. The number of rotatable bonds is 6. The number of carbonyl (C=O) groups excluding carboxylic acids is 4. The lowest BCUT2D eigenvalue weighted by Gasteiger charge is -2.37. The van der Waals surface area contributed by atoms with Crippen LogP contribution in [0.15, 0.2) is 0 Å². The average Bonchev–Trinajstić information content (AvgIpc) is 2.89. The van der Waals surface area contributed by atoms with Gasteiger partial charge in [-0.1, -0.05) is 13.8 Å². The fraction of sp³-hybridized carbons (Fsp3) is 0.818. The predicted molar refractivity (Wildman–Crippen MR) is 113 cm³/mol. The highest BCUT2D eigenvalue weighted by Gasteiger charge is 2.52. The first-order valence-corrected chi connectivity index (χ1v) is 10.5. The molecule has 4 atom stereocenters. The molecular weight excluding hydrogens is 388 g/mol. The summed E-state index contributed by atoms with van der Waals surface area (Å²) in [5.74, 6) is -1.30. The molecule has 1 aliphatic rings. The normalized spacial score (nSPS) is 23.1. The van der Waals surface area contributed by atoms with Gasteiger partial charge in [0, 0.05) is 12.8 Å². The van der Waals surface area contributed by atoms with E-state index in [2.05, 4.69) is 5.32 Å². The molecule has 8 nitrogen and oxygen atoms in total. The van der Waals surface area contributed by atoms with E-state index in [1.54, 1.807) is 41.5 Å². The molecule has 172 valence electrons. The number of nitrogens with zero attached hydrogens (tertiary/aromatic N) is 1. The Morgan fingerprint density at radius 2 is 1.60 bits per heavy atom. The monoisotopic (exact) mass is 426 g/mol. The lowest BCUT2D eigenvalue weighted by molar-refractivity contribution is -0.160. The highest BCUT2D eigenvalue weighted by Crippen LogP contribution is 2.35. The van der Waals surface area contributed by atoms with Gasteiger partial charge >= 0.3 is 12.1 Å². The van der Waals surface area contributed by atoms with Gasteiger partial charge in [0.15, 0.2) is 0 Å². The number of hydrogen-bond acceptors (Lipinski definition) is 6. The molecule has 0 spiro atoms. The fourth-order valence-corrected chi connectivity index (χ4v) is 3.75. The summed E-state index contributed by atoms with van der Waals surface area (Å²) in [4.78, 5) is 51.2. The van der Waals surface area contributed by atoms with Crippen LogP contribution in [0.4, 0.5) is 4.79 Å². The molecule has 0 aliphatic carbocycles. The molecule has 1 aliphatic heterocycles. The van der Waals surface area contributed by atoms with Crippen molar-refractivity contribution in [2.24, 2.45) is 11.8 Å². The van der Waals surface area contributed by atoms with Gasteiger partial charge in [0.1, 0.15) is 23.5 Å². The maximum Gasteiger partial charge on any atom is 0.411 e. The summed E-state index contributed by atoms with van der Waals surface area (Å²) in [6, 6.07) is -2.18. The van der Waals surface area contributed by atoms with Crippen LogP contribution in [0.1, 0.15) is 75.2 Å². The molecule has 0 aromatic heterocycles. The van der Waals surface area contributed by atoms with E-state index in [1.807, 2.05) is 13.8 Å². The van der Waals surface area contributed by atoms with Gasteiger partial charge in [-0.3, -0.25) is 9.69 Å². The van der Waals surface area contributed by atoms with Crippen LogP contribution in [0, 0.1) is 11.8 Å². The molecule has 30 heavy (non-hydrogen) atoms. The number of aldehydes is 1. The zero-order valence-electron chi connectivity index (χ0n) is 19.8. The minimum Gasteiger partial charge on any atom is -0.458 e. The van der Waals surface area contributed by atoms with Crippen molar-refractivity contribution in [1.29, 1.82) is 0 Å². The Kier molecular flexibility index (Phi) is 8.46. The third kappa shape index (κ3) is 7.61. The first-order chi connectivity index (χ1) is 13.6. The Hall–Kier alpha value is -2.12. The van der Waals surface area contributed by atoms with E-state index in [-0.39, 0.29) is 18.2 Å². The predicted octanol–water partition coefficient (Wildman–Crippen LogP) is 3.07. The molecule has 8 heteroatoms. The molecule has 1 N–H and O–H groups in total. The van der Waals surface area contributed by atoms with Gasteiger partial charge in [0.2, 0.25) is 5.91 Å². The SMILES string of the molecule is CC(=O)NC(CC(C)C)[C@H]1[C@H](C=O)C[C@H](C(=O)OC(C)(C)C)N1C(=O)OC(C)(C)C. The number of ether oxygens (including phenoxy) is 2. The van der Waals surface area contributed by atoms with Crippen LogP contribution in [0.2, 0.25) is 0 Å². The third-order valence-corrected chi connectivity index (χ3v) is 4.58. The first kappa shape index (κ1) is 25.9. The standard InChI is InChI=1S/C22H38N2O6/c1-13(2)10-16(23-14(3)26)18-15(12-25)11-17(19(27)29-21(4,5)6)24(18)20(28)30-22(7,8)9/h12-13,15-18H,10-11H2,1-9H3,(H,23,26)/t15-,16?,17+,18+/m0/s1. The highest BCUT2D eigenvalue weighted by molar-refractivity contribution is 5.84. The lowest BCUT2D eigenvalue weighted by Crippen LogP contribution is -2.57. The Bertz CT molecular complexity index is 647. The van der Waals surface area contributed by atoms with Crippen molar-refractivity contribution in [1.82, 2.24) is 10.2 Å². The molecule has 1 unspecified atom stereocenters. The van der Waals surface area contributed by atoms with Crippen LogP contribution < -0.4 is 5.32 Å². The average molecular weight is 427 g/mol. The Morgan fingerprint density at radius 1 is 1.07 bits per heavy atom. The van der Waals surface area contributed by atoms with Gasteiger partial charge in [0.25, 0.3) is 0 Å². The van der Waals surface area contributed by atoms with E-state index < -0.39 is 47.3 Å². The quantitative estimate of drug-likeness (QED) is 0.517. The van der Waals surface area contributed by atoms with E-state index in [9.17, 15) is 19.2 Å². The topological polar surface area (TPSA) is 102 Å². The summed E-state index contributed by atoms with van der Waals surface area (Å²) >= 11 is 0. The molecule has 0 bridgehead atoms. The summed E-state index contributed by atoms with van der Waals surface area (Å²) in [6.07, 6.45) is 0.708. The van der Waals surface area contributed by atoms with Gasteiger partial charge in [-0.05, 0) is 60.3 Å². The van der Waals surface area contributed by atoms with Crippen molar-refractivity contribution in [3.05, 3.63) is 0 Å². The molecule has 0 aromatic carbocycles. The molecule has 1 fully saturated rings. The van der Waals surface area contributed by atoms with Gasteiger partial charge in [-0.25, -0.2) is 9.59 Å². The summed E-state index contributed by atoms with van der Waals surface area (Å²) in [5, 5.41) is 2.87. The Labute approximate surface area is 180 Å². The largest absolute Gasteiger partial charge is 0.458 e. The number of hydrogen-bond donors (Lipinski definition) is 1. The zero-order chi connectivity index (χ0) is 23.4. The molecule has 0 aromatic rings. The number of likely N-dealkylation sites (tertiary alicyclic amines) is 1. The van der Waals surface area contributed by atoms with Crippen molar-refractivity contribution in [3.8, 4) is 0 Å². The minimum absolute atomic E-state index is 0.122. The van der Waals surface area contributed by atoms with Crippen LogP contribution in [0.25, 0.3) is 0 Å². The molecular formula is C22H38N2O6. The van der Waals surface area contributed by atoms with Crippen molar-refractivity contribution >= 4 is 24.3 Å².